The van der Waals surface area contributed by atoms with Gasteiger partial charge in [0.25, 0.3) is 0 Å². The van der Waals surface area contributed by atoms with Crippen LogP contribution in [0, 0.1) is 5.92 Å². The molecule has 2 atom stereocenters. The lowest BCUT2D eigenvalue weighted by Crippen LogP contribution is -2.43. The third kappa shape index (κ3) is 2.43. The Balaban J connectivity index is 1.86. The number of benzene rings is 1. The van der Waals surface area contributed by atoms with Gasteiger partial charge in [0, 0.05) is 35.8 Å². The van der Waals surface area contributed by atoms with Crippen LogP contribution in [-0.4, -0.2) is 36.1 Å². The molecule has 3 N–H and O–H groups in total. The molecule has 2 heterocycles. The molecule has 3 rings (SSSR count). The summed E-state index contributed by atoms with van der Waals surface area (Å²) in [7, 11) is 2.18. The number of aromatic nitrogens is 1. The Morgan fingerprint density at radius 2 is 2.20 bits per heavy atom. The Bertz CT molecular complexity index is 610. The molecular weight excluding hydrogens is 248 g/mol. The fourth-order valence-corrected chi connectivity index (χ4v) is 3.09. The average Bonchev–Trinajstić information content (AvgIpc) is 2.45. The van der Waals surface area contributed by atoms with Crippen LogP contribution in [0.4, 0.5) is 11.4 Å². The fourth-order valence-electron chi connectivity index (χ4n) is 3.09. The van der Waals surface area contributed by atoms with E-state index in [2.05, 4.69) is 41.3 Å². The average molecular weight is 270 g/mol. The van der Waals surface area contributed by atoms with Gasteiger partial charge >= 0.3 is 0 Å². The van der Waals surface area contributed by atoms with Crippen molar-refractivity contribution < 1.29 is 0 Å². The molecule has 1 saturated heterocycles. The van der Waals surface area contributed by atoms with Crippen LogP contribution in [-0.2, 0) is 0 Å². The van der Waals surface area contributed by atoms with Crippen molar-refractivity contribution in [3.05, 3.63) is 30.6 Å². The van der Waals surface area contributed by atoms with Crippen molar-refractivity contribution in [1.29, 1.82) is 0 Å². The maximum atomic E-state index is 6.31. The van der Waals surface area contributed by atoms with E-state index < -0.39 is 0 Å². The molecule has 0 amide bonds. The second-order valence-electron chi connectivity index (χ2n) is 5.90. The van der Waals surface area contributed by atoms with Crippen LogP contribution in [0.1, 0.15) is 13.3 Å². The number of fused-ring (bicyclic) bond motifs is 1. The molecule has 2 aromatic rings. The highest BCUT2D eigenvalue weighted by atomic mass is 15.1. The second kappa shape index (κ2) is 5.29. The first-order valence-electron chi connectivity index (χ1n) is 7.22. The van der Waals surface area contributed by atoms with Gasteiger partial charge < -0.3 is 16.0 Å². The number of hydrogen-bond donors (Lipinski definition) is 2. The van der Waals surface area contributed by atoms with Crippen LogP contribution in [0.2, 0.25) is 0 Å². The lowest BCUT2D eigenvalue weighted by molar-refractivity contribution is 0.206. The van der Waals surface area contributed by atoms with Gasteiger partial charge in [0.15, 0.2) is 0 Å². The zero-order chi connectivity index (χ0) is 14.1. The maximum Gasteiger partial charge on any atom is 0.0630 e. The summed E-state index contributed by atoms with van der Waals surface area (Å²) in [5.41, 5.74) is 8.18. The molecule has 4 nitrogen and oxygen atoms in total. The minimum Gasteiger partial charge on any atom is -0.397 e. The zero-order valence-electron chi connectivity index (χ0n) is 12.1. The van der Waals surface area contributed by atoms with E-state index in [0.717, 1.165) is 41.7 Å². The van der Waals surface area contributed by atoms with Crippen LogP contribution >= 0.6 is 0 Å². The first-order valence-corrected chi connectivity index (χ1v) is 7.22. The molecule has 0 spiro atoms. The molecule has 0 saturated carbocycles. The van der Waals surface area contributed by atoms with Gasteiger partial charge in [0.05, 0.1) is 11.4 Å². The van der Waals surface area contributed by atoms with E-state index in [0.29, 0.717) is 12.0 Å². The number of rotatable bonds is 2. The summed E-state index contributed by atoms with van der Waals surface area (Å²) in [6.07, 6.45) is 4.81. The molecule has 1 aromatic heterocycles. The molecule has 0 radical (unpaired) electrons. The minimum atomic E-state index is 0.493. The third-order valence-electron chi connectivity index (χ3n) is 4.31. The van der Waals surface area contributed by atoms with E-state index in [1.807, 2.05) is 12.3 Å². The van der Waals surface area contributed by atoms with Crippen LogP contribution in [0.25, 0.3) is 10.8 Å². The largest absolute Gasteiger partial charge is 0.397 e. The summed E-state index contributed by atoms with van der Waals surface area (Å²) in [5.74, 6) is 0.626. The topological polar surface area (TPSA) is 54.2 Å². The van der Waals surface area contributed by atoms with Crippen molar-refractivity contribution in [3.63, 3.8) is 0 Å². The summed E-state index contributed by atoms with van der Waals surface area (Å²) in [4.78, 5) is 6.53. The lowest BCUT2D eigenvalue weighted by atomic mass is 9.93. The van der Waals surface area contributed by atoms with Gasteiger partial charge in [0.2, 0.25) is 0 Å². The van der Waals surface area contributed by atoms with Gasteiger partial charge in [-0.15, -0.1) is 0 Å². The highest BCUT2D eigenvalue weighted by Gasteiger charge is 2.24. The van der Waals surface area contributed by atoms with Crippen molar-refractivity contribution >= 4 is 22.1 Å². The van der Waals surface area contributed by atoms with Crippen molar-refractivity contribution in [1.82, 2.24) is 9.88 Å². The number of piperidine rings is 1. The number of pyridine rings is 1. The quantitative estimate of drug-likeness (QED) is 0.824. The second-order valence-corrected chi connectivity index (χ2v) is 5.90. The highest BCUT2D eigenvalue weighted by molar-refractivity contribution is 5.98. The van der Waals surface area contributed by atoms with Crippen LogP contribution in [0.5, 0.6) is 0 Å². The summed E-state index contributed by atoms with van der Waals surface area (Å²) in [6, 6.07) is 6.63. The van der Waals surface area contributed by atoms with Crippen molar-refractivity contribution in [3.8, 4) is 0 Å². The van der Waals surface area contributed by atoms with Crippen molar-refractivity contribution in [2.45, 2.75) is 19.4 Å². The van der Waals surface area contributed by atoms with Gasteiger partial charge in [-0.3, -0.25) is 4.98 Å². The van der Waals surface area contributed by atoms with Crippen LogP contribution in [0.3, 0.4) is 0 Å². The molecule has 1 aliphatic heterocycles. The minimum absolute atomic E-state index is 0.493. The van der Waals surface area contributed by atoms with Gasteiger partial charge in [-0.25, -0.2) is 0 Å². The molecular formula is C16H22N4. The number of nitrogen functional groups attached to an aromatic ring is 1. The van der Waals surface area contributed by atoms with Gasteiger partial charge in [-0.2, -0.15) is 0 Å². The van der Waals surface area contributed by atoms with Gasteiger partial charge in [-0.05, 0) is 38.1 Å². The number of hydrogen-bond acceptors (Lipinski definition) is 4. The molecule has 1 aliphatic rings. The normalized spacial score (nSPS) is 23.9. The Kier molecular flexibility index (Phi) is 3.49. The summed E-state index contributed by atoms with van der Waals surface area (Å²) in [6.45, 7) is 4.57. The smallest absolute Gasteiger partial charge is 0.0630 e. The number of nitrogens with one attached hydrogen (secondary N) is 1. The molecule has 4 heteroatoms. The standard InChI is InChI=1S/C16H22N4/c1-11-10-20(2)8-6-14(11)19-15-4-3-12-9-18-7-5-13(12)16(15)17/h3-5,7,9,11,14,19H,6,8,10,17H2,1-2H3. The summed E-state index contributed by atoms with van der Waals surface area (Å²) < 4.78 is 0. The number of likely N-dealkylation sites (tertiary alicyclic amines) is 1. The number of anilines is 2. The molecule has 106 valence electrons. The third-order valence-corrected chi connectivity index (χ3v) is 4.31. The van der Waals surface area contributed by atoms with E-state index in [4.69, 9.17) is 5.73 Å². The summed E-state index contributed by atoms with van der Waals surface area (Å²) in [5, 5.41) is 5.80. The predicted octanol–water partition coefficient (Wildman–Crippen LogP) is 2.57. The van der Waals surface area contributed by atoms with E-state index in [1.165, 1.54) is 0 Å². The van der Waals surface area contributed by atoms with E-state index in [1.54, 1.807) is 6.20 Å². The van der Waals surface area contributed by atoms with Gasteiger partial charge in [-0.1, -0.05) is 13.0 Å². The summed E-state index contributed by atoms with van der Waals surface area (Å²) >= 11 is 0. The van der Waals surface area contributed by atoms with E-state index >= 15 is 0 Å². The molecule has 1 aromatic carbocycles. The molecule has 0 aliphatic carbocycles. The Morgan fingerprint density at radius 1 is 1.35 bits per heavy atom. The maximum absolute atomic E-state index is 6.31. The Labute approximate surface area is 120 Å². The molecule has 1 fully saturated rings. The molecule has 2 unspecified atom stereocenters. The zero-order valence-corrected chi connectivity index (χ0v) is 12.1. The Hall–Kier alpha value is -1.81. The van der Waals surface area contributed by atoms with Crippen LogP contribution < -0.4 is 11.1 Å². The van der Waals surface area contributed by atoms with Crippen molar-refractivity contribution in [2.24, 2.45) is 5.92 Å². The monoisotopic (exact) mass is 270 g/mol. The first kappa shape index (κ1) is 13.2. The lowest BCUT2D eigenvalue weighted by Gasteiger charge is -2.36. The SMILES string of the molecule is CC1CN(C)CCC1Nc1ccc2cnccc2c1N. The van der Waals surface area contributed by atoms with Crippen molar-refractivity contribution in [2.75, 3.05) is 31.2 Å². The van der Waals surface area contributed by atoms with Crippen LogP contribution in [0.15, 0.2) is 30.6 Å². The molecule has 20 heavy (non-hydrogen) atoms. The number of nitrogens with two attached hydrogens (primary N) is 1. The highest BCUT2D eigenvalue weighted by Crippen LogP contribution is 2.30. The predicted molar refractivity (Wildman–Crippen MR) is 84.8 cm³/mol. The van der Waals surface area contributed by atoms with E-state index in [-0.39, 0.29) is 0 Å². The number of nitrogens with zero attached hydrogens (tertiary/aromatic N) is 2. The van der Waals surface area contributed by atoms with Gasteiger partial charge in [0.1, 0.15) is 0 Å². The fraction of sp³-hybridized carbons (Fsp3) is 0.438. The Morgan fingerprint density at radius 3 is 3.00 bits per heavy atom. The first-order chi connectivity index (χ1) is 9.65. The molecule has 0 bridgehead atoms. The van der Waals surface area contributed by atoms with E-state index in [9.17, 15) is 0 Å².